The Kier molecular flexibility index (Phi) is 4.74. The van der Waals surface area contributed by atoms with Crippen LogP contribution >= 0.6 is 0 Å². The molecule has 1 rings (SSSR count). The van der Waals surface area contributed by atoms with Crippen molar-refractivity contribution in [1.82, 2.24) is 0 Å². The van der Waals surface area contributed by atoms with Crippen LogP contribution < -0.4 is 14.8 Å². The summed E-state index contributed by atoms with van der Waals surface area (Å²) in [4.78, 5) is 21.8. The van der Waals surface area contributed by atoms with Gasteiger partial charge in [0, 0.05) is 12.2 Å². The number of amides is 1. The van der Waals surface area contributed by atoms with Gasteiger partial charge in [-0.2, -0.15) is 0 Å². The van der Waals surface area contributed by atoms with E-state index in [1.54, 1.807) is 18.2 Å². The smallest absolute Gasteiger partial charge is 0.328 e. The summed E-state index contributed by atoms with van der Waals surface area (Å²) in [5.41, 5.74) is 0.350. The molecule has 0 bridgehead atoms. The van der Waals surface area contributed by atoms with Crippen molar-refractivity contribution < 1.29 is 24.2 Å². The molecule has 6 nitrogen and oxygen atoms in total. The number of hydrogen-bond donors (Lipinski definition) is 2. The molecule has 0 saturated heterocycles. The second-order valence-electron chi connectivity index (χ2n) is 3.20. The number of ether oxygens (including phenoxy) is 2. The first kappa shape index (κ1) is 13.6. The largest absolute Gasteiger partial charge is 0.494 e. The fraction of sp³-hybridized carbons (Fsp3) is 0.167. The summed E-state index contributed by atoms with van der Waals surface area (Å²) < 4.78 is 10.2. The van der Waals surface area contributed by atoms with E-state index < -0.39 is 11.9 Å². The normalized spacial score (nSPS) is 10.1. The summed E-state index contributed by atoms with van der Waals surface area (Å²) in [6.45, 7) is 0. The molecule has 0 radical (unpaired) electrons. The number of rotatable bonds is 5. The van der Waals surface area contributed by atoms with Crippen molar-refractivity contribution in [2.45, 2.75) is 0 Å². The quantitative estimate of drug-likeness (QED) is 0.770. The van der Waals surface area contributed by atoms with Crippen LogP contribution in [0.2, 0.25) is 0 Å². The number of carbonyl (C=O) groups excluding carboxylic acids is 1. The van der Waals surface area contributed by atoms with Crippen LogP contribution in [0.3, 0.4) is 0 Å². The van der Waals surface area contributed by atoms with Gasteiger partial charge in [-0.15, -0.1) is 0 Å². The van der Waals surface area contributed by atoms with Gasteiger partial charge in [-0.3, -0.25) is 4.79 Å². The average Bonchev–Trinajstić information content (AvgIpc) is 2.36. The molecule has 0 spiro atoms. The van der Waals surface area contributed by atoms with Gasteiger partial charge >= 0.3 is 5.97 Å². The van der Waals surface area contributed by atoms with Crippen LogP contribution in [-0.2, 0) is 9.59 Å². The van der Waals surface area contributed by atoms with Crippen LogP contribution in [-0.4, -0.2) is 31.2 Å². The van der Waals surface area contributed by atoms with Gasteiger partial charge in [0.25, 0.3) is 0 Å². The predicted octanol–water partition coefficient (Wildman–Crippen LogP) is 1.28. The van der Waals surface area contributed by atoms with Crippen molar-refractivity contribution in [3.8, 4) is 11.5 Å². The highest BCUT2D eigenvalue weighted by atomic mass is 16.5. The molecule has 0 heterocycles. The molecule has 1 amide bonds. The summed E-state index contributed by atoms with van der Waals surface area (Å²) in [6, 6.07) is 5.01. The molecule has 0 aromatic heterocycles. The second-order valence-corrected chi connectivity index (χ2v) is 3.20. The number of benzene rings is 1. The first-order valence-corrected chi connectivity index (χ1v) is 5.01. The molecule has 6 heteroatoms. The van der Waals surface area contributed by atoms with E-state index in [9.17, 15) is 9.59 Å². The monoisotopic (exact) mass is 251 g/mol. The van der Waals surface area contributed by atoms with Crippen molar-refractivity contribution in [3.63, 3.8) is 0 Å². The van der Waals surface area contributed by atoms with Gasteiger partial charge in [0.2, 0.25) is 5.91 Å². The number of carboxylic acids is 1. The third-order valence-electron chi connectivity index (χ3n) is 2.05. The van der Waals surface area contributed by atoms with Gasteiger partial charge in [0.05, 0.1) is 14.2 Å². The van der Waals surface area contributed by atoms with Gasteiger partial charge < -0.3 is 19.9 Å². The van der Waals surface area contributed by atoms with Crippen molar-refractivity contribution in [1.29, 1.82) is 0 Å². The van der Waals surface area contributed by atoms with Crippen molar-refractivity contribution in [2.24, 2.45) is 0 Å². The molecule has 0 unspecified atom stereocenters. The lowest BCUT2D eigenvalue weighted by Crippen LogP contribution is -2.10. The van der Waals surface area contributed by atoms with Crippen LogP contribution in [0.5, 0.6) is 11.5 Å². The number of para-hydroxylation sites is 1. The number of aliphatic carboxylic acids is 1. The predicted molar refractivity (Wildman–Crippen MR) is 65.0 cm³/mol. The van der Waals surface area contributed by atoms with Crippen LogP contribution in [0.25, 0.3) is 0 Å². The third kappa shape index (κ3) is 3.51. The Hall–Kier alpha value is -2.50. The minimum absolute atomic E-state index is 0.350. The fourth-order valence-electron chi connectivity index (χ4n) is 1.29. The Morgan fingerprint density at radius 3 is 2.17 bits per heavy atom. The van der Waals surface area contributed by atoms with Gasteiger partial charge in [0.1, 0.15) is 17.2 Å². The maximum atomic E-state index is 11.5. The van der Waals surface area contributed by atoms with E-state index in [4.69, 9.17) is 14.6 Å². The Morgan fingerprint density at radius 1 is 1.17 bits per heavy atom. The molecule has 1 aromatic carbocycles. The molecule has 0 aliphatic heterocycles. The Bertz CT molecular complexity index is 459. The third-order valence-corrected chi connectivity index (χ3v) is 2.05. The maximum Gasteiger partial charge on any atom is 0.328 e. The lowest BCUT2D eigenvalue weighted by atomic mass is 10.2. The molecule has 0 saturated carbocycles. The molecule has 18 heavy (non-hydrogen) atoms. The van der Waals surface area contributed by atoms with E-state index in [-0.39, 0.29) is 0 Å². The van der Waals surface area contributed by atoms with Gasteiger partial charge in [-0.25, -0.2) is 4.79 Å². The molecule has 0 aliphatic carbocycles. The first-order valence-electron chi connectivity index (χ1n) is 5.01. The zero-order valence-corrected chi connectivity index (χ0v) is 9.97. The molecule has 0 atom stereocenters. The van der Waals surface area contributed by atoms with E-state index in [0.29, 0.717) is 17.2 Å². The summed E-state index contributed by atoms with van der Waals surface area (Å²) in [6.07, 6.45) is 1.66. The van der Waals surface area contributed by atoms with E-state index in [1.807, 2.05) is 0 Å². The van der Waals surface area contributed by atoms with E-state index in [1.165, 1.54) is 14.2 Å². The summed E-state index contributed by atoms with van der Waals surface area (Å²) in [5, 5.41) is 10.9. The van der Waals surface area contributed by atoms with E-state index in [2.05, 4.69) is 5.32 Å². The zero-order chi connectivity index (χ0) is 13.5. The number of carboxylic acid groups (broad SMARTS) is 1. The highest BCUT2D eigenvalue weighted by Crippen LogP contribution is 2.33. The summed E-state index contributed by atoms with van der Waals surface area (Å²) in [7, 11) is 2.91. The number of carbonyl (C=O) groups is 2. The maximum absolute atomic E-state index is 11.5. The van der Waals surface area contributed by atoms with Gasteiger partial charge in [-0.1, -0.05) is 6.07 Å². The summed E-state index contributed by atoms with van der Waals surface area (Å²) in [5.74, 6) is -0.935. The molecule has 1 aromatic rings. The Balaban J connectivity index is 2.95. The number of anilines is 1. The Labute approximate surface area is 104 Å². The van der Waals surface area contributed by atoms with E-state index in [0.717, 1.165) is 12.2 Å². The molecular weight excluding hydrogens is 238 g/mol. The van der Waals surface area contributed by atoms with Gasteiger partial charge in [0.15, 0.2) is 0 Å². The van der Waals surface area contributed by atoms with Crippen LogP contribution in [0, 0.1) is 0 Å². The standard InChI is InChI=1S/C12H13NO5/c1-17-8-4-3-5-9(18-2)12(8)13-10(14)6-7-11(15)16/h3-7H,1-2H3,(H,13,14)(H,15,16)/b7-6+. The highest BCUT2D eigenvalue weighted by Gasteiger charge is 2.11. The van der Waals surface area contributed by atoms with Crippen molar-refractivity contribution in [2.75, 3.05) is 19.5 Å². The minimum Gasteiger partial charge on any atom is -0.494 e. The van der Waals surface area contributed by atoms with Crippen LogP contribution in [0.4, 0.5) is 5.69 Å². The van der Waals surface area contributed by atoms with E-state index >= 15 is 0 Å². The SMILES string of the molecule is COc1cccc(OC)c1NC(=O)/C=C/C(=O)O. The van der Waals surface area contributed by atoms with Crippen LogP contribution in [0.15, 0.2) is 30.4 Å². The number of hydrogen-bond acceptors (Lipinski definition) is 4. The molecule has 0 fully saturated rings. The average molecular weight is 251 g/mol. The Morgan fingerprint density at radius 2 is 1.72 bits per heavy atom. The molecule has 96 valence electrons. The topological polar surface area (TPSA) is 84.9 Å². The second kappa shape index (κ2) is 6.29. The summed E-state index contributed by atoms with van der Waals surface area (Å²) >= 11 is 0. The van der Waals surface area contributed by atoms with Crippen LogP contribution in [0.1, 0.15) is 0 Å². The lowest BCUT2D eigenvalue weighted by Gasteiger charge is -2.12. The number of methoxy groups -OCH3 is 2. The number of nitrogens with one attached hydrogen (secondary N) is 1. The van der Waals surface area contributed by atoms with Gasteiger partial charge in [-0.05, 0) is 12.1 Å². The first-order chi connectivity index (χ1) is 8.58. The van der Waals surface area contributed by atoms with Crippen molar-refractivity contribution >= 4 is 17.6 Å². The molecular formula is C12H13NO5. The highest BCUT2D eigenvalue weighted by molar-refractivity contribution is 6.04. The molecule has 0 aliphatic rings. The lowest BCUT2D eigenvalue weighted by molar-refractivity contribution is -0.131. The minimum atomic E-state index is -1.20. The fourth-order valence-corrected chi connectivity index (χ4v) is 1.29. The zero-order valence-electron chi connectivity index (χ0n) is 9.97. The molecule has 2 N–H and O–H groups in total. The van der Waals surface area contributed by atoms with Crippen molar-refractivity contribution in [3.05, 3.63) is 30.4 Å².